The molecule has 27 heavy (non-hydrogen) atoms. The smallest absolute Gasteiger partial charge is 0.241 e. The summed E-state index contributed by atoms with van der Waals surface area (Å²) in [7, 11) is 0. The number of nitrogens with zero attached hydrogens (tertiary/aromatic N) is 1. The van der Waals surface area contributed by atoms with Crippen LogP contribution in [0, 0.1) is 5.82 Å². The molecule has 0 aliphatic carbocycles. The van der Waals surface area contributed by atoms with Gasteiger partial charge in [0, 0.05) is 6.54 Å². The Hall–Kier alpha value is -2.40. The van der Waals surface area contributed by atoms with Crippen molar-refractivity contribution in [1.29, 1.82) is 0 Å². The van der Waals surface area contributed by atoms with Crippen LogP contribution in [0.25, 0.3) is 0 Å². The lowest BCUT2D eigenvalue weighted by molar-refractivity contribution is -0.126. The molecule has 0 bridgehead atoms. The van der Waals surface area contributed by atoms with Crippen LogP contribution in [-0.4, -0.2) is 37.0 Å². The highest BCUT2D eigenvalue weighted by Gasteiger charge is 2.25. The minimum absolute atomic E-state index is 0.0318. The minimum Gasteiger partial charge on any atom is -0.494 e. The third kappa shape index (κ3) is 6.68. The number of nitrogens with one attached hydrogen (secondary N) is 1. The van der Waals surface area contributed by atoms with Gasteiger partial charge in [0.2, 0.25) is 5.91 Å². The fourth-order valence-corrected chi connectivity index (χ4v) is 3.01. The SMILES string of the molecule is CCN(CC)C(C(=O)NCCCCOc1ccc(F)cc1)c1ccccc1. The number of hydrogen-bond donors (Lipinski definition) is 1. The van der Waals surface area contributed by atoms with Crippen LogP contribution in [0.1, 0.15) is 38.3 Å². The second-order valence-corrected chi connectivity index (χ2v) is 6.33. The van der Waals surface area contributed by atoms with Crippen LogP contribution >= 0.6 is 0 Å². The zero-order chi connectivity index (χ0) is 19.5. The Morgan fingerprint density at radius 1 is 1.04 bits per heavy atom. The molecular weight excluding hydrogens is 343 g/mol. The predicted molar refractivity (Wildman–Crippen MR) is 106 cm³/mol. The lowest BCUT2D eigenvalue weighted by Crippen LogP contribution is -2.40. The van der Waals surface area contributed by atoms with Gasteiger partial charge in [0.1, 0.15) is 17.6 Å². The van der Waals surface area contributed by atoms with Crippen molar-refractivity contribution in [1.82, 2.24) is 10.2 Å². The van der Waals surface area contributed by atoms with Gasteiger partial charge in [-0.15, -0.1) is 0 Å². The van der Waals surface area contributed by atoms with Crippen LogP contribution in [-0.2, 0) is 4.79 Å². The number of carbonyl (C=O) groups excluding carboxylic acids is 1. The van der Waals surface area contributed by atoms with E-state index >= 15 is 0 Å². The van der Waals surface area contributed by atoms with Gasteiger partial charge in [-0.05, 0) is 55.8 Å². The number of likely N-dealkylation sites (N-methyl/N-ethyl adjacent to an activating group) is 1. The standard InChI is InChI=1S/C22H29FN2O2/c1-3-25(4-2)21(18-10-6-5-7-11-18)22(26)24-16-8-9-17-27-20-14-12-19(23)13-15-20/h5-7,10-15,21H,3-4,8-9,16-17H2,1-2H3,(H,24,26). The Labute approximate surface area is 161 Å². The monoisotopic (exact) mass is 372 g/mol. The Kier molecular flexibility index (Phi) is 8.78. The van der Waals surface area contributed by atoms with E-state index in [1.54, 1.807) is 12.1 Å². The van der Waals surface area contributed by atoms with Crippen molar-refractivity contribution in [3.8, 4) is 5.75 Å². The van der Waals surface area contributed by atoms with E-state index in [-0.39, 0.29) is 17.8 Å². The van der Waals surface area contributed by atoms with E-state index in [0.717, 1.165) is 31.5 Å². The van der Waals surface area contributed by atoms with Gasteiger partial charge in [-0.3, -0.25) is 9.69 Å². The molecule has 0 radical (unpaired) electrons. The molecule has 146 valence electrons. The summed E-state index contributed by atoms with van der Waals surface area (Å²) in [5, 5.41) is 3.05. The van der Waals surface area contributed by atoms with E-state index in [1.165, 1.54) is 12.1 Å². The normalized spacial score (nSPS) is 12.0. The maximum absolute atomic E-state index is 12.8. The summed E-state index contributed by atoms with van der Waals surface area (Å²) in [6, 6.07) is 15.6. The van der Waals surface area contributed by atoms with Crippen molar-refractivity contribution < 1.29 is 13.9 Å². The zero-order valence-corrected chi connectivity index (χ0v) is 16.2. The first kappa shape index (κ1) is 20.9. The molecule has 0 saturated heterocycles. The van der Waals surface area contributed by atoms with Gasteiger partial charge in [0.25, 0.3) is 0 Å². The summed E-state index contributed by atoms with van der Waals surface area (Å²) >= 11 is 0. The van der Waals surface area contributed by atoms with Crippen LogP contribution in [0.4, 0.5) is 4.39 Å². The fraction of sp³-hybridized carbons (Fsp3) is 0.409. The first-order chi connectivity index (χ1) is 13.2. The predicted octanol–water partition coefficient (Wildman–Crippen LogP) is 4.18. The van der Waals surface area contributed by atoms with E-state index in [0.29, 0.717) is 18.9 Å². The number of amides is 1. The number of carbonyl (C=O) groups is 1. The molecule has 4 nitrogen and oxygen atoms in total. The van der Waals surface area contributed by atoms with Crippen molar-refractivity contribution in [2.24, 2.45) is 0 Å². The molecule has 1 N–H and O–H groups in total. The highest BCUT2D eigenvalue weighted by atomic mass is 19.1. The first-order valence-corrected chi connectivity index (χ1v) is 9.60. The number of halogens is 1. The molecule has 0 heterocycles. The van der Waals surface area contributed by atoms with Crippen LogP contribution < -0.4 is 10.1 Å². The van der Waals surface area contributed by atoms with E-state index in [9.17, 15) is 9.18 Å². The van der Waals surface area contributed by atoms with Crippen molar-refractivity contribution in [2.45, 2.75) is 32.7 Å². The summed E-state index contributed by atoms with van der Waals surface area (Å²) in [6.07, 6.45) is 1.64. The van der Waals surface area contributed by atoms with E-state index in [2.05, 4.69) is 24.1 Å². The van der Waals surface area contributed by atoms with Crippen LogP contribution in [0.5, 0.6) is 5.75 Å². The van der Waals surface area contributed by atoms with Gasteiger partial charge in [-0.1, -0.05) is 44.2 Å². The van der Waals surface area contributed by atoms with Crippen molar-refractivity contribution in [3.63, 3.8) is 0 Å². The average molecular weight is 372 g/mol. The van der Waals surface area contributed by atoms with Gasteiger partial charge >= 0.3 is 0 Å². The van der Waals surface area contributed by atoms with Crippen molar-refractivity contribution >= 4 is 5.91 Å². The molecule has 0 saturated carbocycles. The van der Waals surface area contributed by atoms with Crippen molar-refractivity contribution in [2.75, 3.05) is 26.2 Å². The van der Waals surface area contributed by atoms with Gasteiger partial charge in [-0.2, -0.15) is 0 Å². The third-order valence-corrected chi connectivity index (χ3v) is 4.49. The highest BCUT2D eigenvalue weighted by molar-refractivity contribution is 5.83. The number of unbranched alkanes of at least 4 members (excludes halogenated alkanes) is 1. The summed E-state index contributed by atoms with van der Waals surface area (Å²) in [5.74, 6) is 0.418. The molecule has 1 unspecified atom stereocenters. The first-order valence-electron chi connectivity index (χ1n) is 9.60. The molecule has 0 aliphatic heterocycles. The molecule has 0 fully saturated rings. The van der Waals surface area contributed by atoms with Crippen molar-refractivity contribution in [3.05, 3.63) is 66.0 Å². The Bertz CT molecular complexity index is 672. The minimum atomic E-state index is -0.272. The molecule has 0 spiro atoms. The van der Waals surface area contributed by atoms with Crippen LogP contribution in [0.2, 0.25) is 0 Å². The molecule has 1 amide bonds. The largest absolute Gasteiger partial charge is 0.494 e. The quantitative estimate of drug-likeness (QED) is 0.602. The fourth-order valence-electron chi connectivity index (χ4n) is 3.01. The maximum atomic E-state index is 12.8. The third-order valence-electron chi connectivity index (χ3n) is 4.49. The van der Waals surface area contributed by atoms with Gasteiger partial charge < -0.3 is 10.1 Å². The molecule has 2 rings (SSSR count). The van der Waals surface area contributed by atoms with Gasteiger partial charge in [-0.25, -0.2) is 4.39 Å². The zero-order valence-electron chi connectivity index (χ0n) is 16.2. The van der Waals surface area contributed by atoms with Crippen LogP contribution in [0.3, 0.4) is 0 Å². The second kappa shape index (κ2) is 11.3. The van der Waals surface area contributed by atoms with E-state index < -0.39 is 0 Å². The molecule has 2 aromatic rings. The summed E-state index contributed by atoms with van der Waals surface area (Å²) < 4.78 is 18.4. The van der Waals surface area contributed by atoms with Gasteiger partial charge in [0.15, 0.2) is 0 Å². The number of benzene rings is 2. The van der Waals surface area contributed by atoms with E-state index in [1.807, 2.05) is 30.3 Å². The molecule has 2 aromatic carbocycles. The van der Waals surface area contributed by atoms with E-state index in [4.69, 9.17) is 4.74 Å². The molecular formula is C22H29FN2O2. The molecule has 5 heteroatoms. The lowest BCUT2D eigenvalue weighted by atomic mass is 10.0. The second-order valence-electron chi connectivity index (χ2n) is 6.33. The Morgan fingerprint density at radius 3 is 2.33 bits per heavy atom. The molecule has 0 aromatic heterocycles. The molecule has 0 aliphatic rings. The topological polar surface area (TPSA) is 41.6 Å². The Balaban J connectivity index is 1.77. The van der Waals surface area contributed by atoms with Gasteiger partial charge in [0.05, 0.1) is 6.61 Å². The summed E-state index contributed by atoms with van der Waals surface area (Å²) in [6.45, 7) is 6.92. The molecule has 1 atom stereocenters. The number of ether oxygens (including phenoxy) is 1. The summed E-state index contributed by atoms with van der Waals surface area (Å²) in [5.41, 5.74) is 1.01. The maximum Gasteiger partial charge on any atom is 0.241 e. The lowest BCUT2D eigenvalue weighted by Gasteiger charge is -2.29. The number of hydrogen-bond acceptors (Lipinski definition) is 3. The number of rotatable bonds is 11. The van der Waals surface area contributed by atoms with Crippen LogP contribution in [0.15, 0.2) is 54.6 Å². The summed E-state index contributed by atoms with van der Waals surface area (Å²) in [4.78, 5) is 14.9. The average Bonchev–Trinajstić information content (AvgIpc) is 2.70. The highest BCUT2D eigenvalue weighted by Crippen LogP contribution is 2.20. The Morgan fingerprint density at radius 2 is 1.70 bits per heavy atom.